The second-order valence-electron chi connectivity index (χ2n) is 10.9. The Kier molecular flexibility index (Phi) is 8.99. The zero-order valence-corrected chi connectivity index (χ0v) is 24.7. The minimum Gasteiger partial charge on any atom is -0.495 e. The Morgan fingerprint density at radius 3 is 2.14 bits per heavy atom. The zero-order valence-electron chi connectivity index (χ0n) is 24.7. The van der Waals surface area contributed by atoms with Crippen molar-refractivity contribution < 1.29 is 28.2 Å². The number of nitrogens with one attached hydrogen (secondary N) is 2. The summed E-state index contributed by atoms with van der Waals surface area (Å²) in [5.41, 5.74) is 2.19. The van der Waals surface area contributed by atoms with Gasteiger partial charge in [0.05, 0.1) is 12.8 Å². The highest BCUT2D eigenvalue weighted by Gasteiger charge is 2.27. The van der Waals surface area contributed by atoms with E-state index in [1.807, 2.05) is 32.9 Å². The Labute approximate surface area is 244 Å². The second-order valence-corrected chi connectivity index (χ2v) is 10.9. The van der Waals surface area contributed by atoms with E-state index in [2.05, 4.69) is 20.5 Å². The molecule has 1 saturated heterocycles. The molecule has 1 aliphatic rings. The summed E-state index contributed by atoms with van der Waals surface area (Å²) in [5.74, 6) is -0.170. The summed E-state index contributed by atoms with van der Waals surface area (Å²) in [4.78, 5) is 45.0. The van der Waals surface area contributed by atoms with E-state index in [9.17, 15) is 18.8 Å². The van der Waals surface area contributed by atoms with Gasteiger partial charge in [-0.25, -0.2) is 14.2 Å². The molecule has 10 nitrogen and oxygen atoms in total. The molecule has 42 heavy (non-hydrogen) atoms. The van der Waals surface area contributed by atoms with E-state index in [-0.39, 0.29) is 23.6 Å². The van der Waals surface area contributed by atoms with Gasteiger partial charge < -0.3 is 29.9 Å². The van der Waals surface area contributed by atoms with Crippen molar-refractivity contribution in [3.63, 3.8) is 0 Å². The Morgan fingerprint density at radius 2 is 1.60 bits per heavy atom. The van der Waals surface area contributed by atoms with Gasteiger partial charge >= 0.3 is 6.09 Å². The van der Waals surface area contributed by atoms with Crippen LogP contribution in [0.25, 0.3) is 22.3 Å². The molecule has 1 aromatic heterocycles. The molecule has 0 radical (unpaired) electrons. The van der Waals surface area contributed by atoms with Crippen LogP contribution in [0.2, 0.25) is 0 Å². The normalized spacial score (nSPS) is 13.4. The van der Waals surface area contributed by atoms with Crippen LogP contribution in [-0.4, -0.2) is 73.7 Å². The number of carbonyl (C=O) groups is 3. The lowest BCUT2D eigenvalue weighted by Gasteiger charge is -2.36. The van der Waals surface area contributed by atoms with Crippen LogP contribution in [0.1, 0.15) is 38.1 Å². The molecule has 2 aromatic carbocycles. The minimum atomic E-state index is -0.617. The third kappa shape index (κ3) is 6.96. The van der Waals surface area contributed by atoms with Gasteiger partial charge in [0.1, 0.15) is 23.0 Å². The number of methoxy groups -OCH3 is 1. The second kappa shape index (κ2) is 12.5. The van der Waals surface area contributed by atoms with Crippen molar-refractivity contribution in [3.05, 3.63) is 60.0 Å². The highest BCUT2D eigenvalue weighted by Crippen LogP contribution is 2.41. The molecular formula is C31H36FN5O5. The number of rotatable bonds is 6. The molecule has 0 spiro atoms. The van der Waals surface area contributed by atoms with E-state index in [1.165, 1.54) is 33.2 Å². The number of hydrogen-bond donors (Lipinski definition) is 2. The van der Waals surface area contributed by atoms with Crippen LogP contribution >= 0.6 is 0 Å². The summed E-state index contributed by atoms with van der Waals surface area (Å²) < 4.78 is 26.3. The van der Waals surface area contributed by atoms with Crippen molar-refractivity contribution in [1.29, 1.82) is 0 Å². The molecule has 3 amide bonds. The van der Waals surface area contributed by atoms with Gasteiger partial charge in [0.25, 0.3) is 5.91 Å². The maximum absolute atomic E-state index is 14.9. The van der Waals surface area contributed by atoms with Crippen molar-refractivity contribution in [2.75, 3.05) is 50.6 Å². The molecule has 0 unspecified atom stereocenters. The van der Waals surface area contributed by atoms with Crippen LogP contribution < -0.4 is 20.3 Å². The zero-order chi connectivity index (χ0) is 30.6. The first-order chi connectivity index (χ1) is 19.9. The van der Waals surface area contributed by atoms with Crippen LogP contribution in [0, 0.1) is 5.82 Å². The summed E-state index contributed by atoms with van der Waals surface area (Å²) in [6, 6.07) is 11.5. The lowest BCUT2D eigenvalue weighted by molar-refractivity contribution is -0.114. The van der Waals surface area contributed by atoms with Gasteiger partial charge in [-0.15, -0.1) is 0 Å². The smallest absolute Gasteiger partial charge is 0.410 e. The summed E-state index contributed by atoms with van der Waals surface area (Å²) in [5, 5.41) is 5.11. The standard InChI is InChI=1S/C31H36FN5O5/c1-19(38)35-26-8-7-20(17-25(26)32)23-15-22(29(39)33-5)16-24(28(23)41-6)21-9-10-34-27(18-21)36-11-13-37(14-12-36)30(40)42-31(2,3)4/h7-10,15-18H,11-14H2,1-6H3,(H,33,39)(H,35,38). The van der Waals surface area contributed by atoms with Crippen molar-refractivity contribution in [2.24, 2.45) is 0 Å². The number of benzene rings is 2. The number of anilines is 2. The topological polar surface area (TPSA) is 113 Å². The monoisotopic (exact) mass is 577 g/mol. The van der Waals surface area contributed by atoms with Crippen molar-refractivity contribution >= 4 is 29.4 Å². The molecule has 222 valence electrons. The van der Waals surface area contributed by atoms with E-state index >= 15 is 0 Å². The first-order valence-corrected chi connectivity index (χ1v) is 13.6. The van der Waals surface area contributed by atoms with Crippen molar-refractivity contribution in [3.8, 4) is 28.0 Å². The number of hydrogen-bond acceptors (Lipinski definition) is 7. The number of aromatic nitrogens is 1. The Bertz CT molecular complexity index is 1500. The maximum atomic E-state index is 14.9. The van der Waals surface area contributed by atoms with Gasteiger partial charge in [-0.1, -0.05) is 6.07 Å². The molecule has 0 saturated carbocycles. The Balaban J connectivity index is 1.70. The largest absolute Gasteiger partial charge is 0.495 e. The number of nitrogens with zero attached hydrogens (tertiary/aromatic N) is 3. The predicted octanol–water partition coefficient (Wildman–Crippen LogP) is 4.94. The van der Waals surface area contributed by atoms with Crippen LogP contribution in [-0.2, 0) is 9.53 Å². The molecule has 2 N–H and O–H groups in total. The molecule has 2 heterocycles. The number of ether oxygens (including phenoxy) is 2. The van der Waals surface area contributed by atoms with Gasteiger partial charge in [0, 0.05) is 63.0 Å². The van der Waals surface area contributed by atoms with Crippen LogP contribution in [0.3, 0.4) is 0 Å². The SMILES string of the molecule is CNC(=O)c1cc(-c2ccnc(N3CCN(C(=O)OC(C)(C)C)CC3)c2)c(OC)c(-c2ccc(NC(C)=O)c(F)c2)c1. The summed E-state index contributed by atoms with van der Waals surface area (Å²) >= 11 is 0. The van der Waals surface area contributed by atoms with E-state index in [0.717, 1.165) is 5.56 Å². The number of pyridine rings is 1. The first kappa shape index (κ1) is 30.3. The highest BCUT2D eigenvalue weighted by molar-refractivity contribution is 5.99. The number of piperazine rings is 1. The van der Waals surface area contributed by atoms with Gasteiger partial charge in [-0.2, -0.15) is 0 Å². The van der Waals surface area contributed by atoms with Crippen molar-refractivity contribution in [2.45, 2.75) is 33.3 Å². The highest BCUT2D eigenvalue weighted by atomic mass is 19.1. The molecular weight excluding hydrogens is 541 g/mol. The summed E-state index contributed by atoms with van der Waals surface area (Å²) in [7, 11) is 3.05. The molecule has 11 heteroatoms. The average molecular weight is 578 g/mol. The fourth-order valence-electron chi connectivity index (χ4n) is 4.73. The van der Waals surface area contributed by atoms with Gasteiger partial charge in [-0.05, 0) is 68.3 Å². The first-order valence-electron chi connectivity index (χ1n) is 13.6. The summed E-state index contributed by atoms with van der Waals surface area (Å²) in [6.45, 7) is 8.93. The number of carbonyl (C=O) groups excluding carboxylic acids is 3. The quantitative estimate of drug-likeness (QED) is 0.427. The molecule has 3 aromatic rings. The fraction of sp³-hybridized carbons (Fsp3) is 0.355. The van der Waals surface area contributed by atoms with Crippen LogP contribution in [0.5, 0.6) is 5.75 Å². The van der Waals surface area contributed by atoms with Gasteiger partial charge in [0.2, 0.25) is 5.91 Å². The lowest BCUT2D eigenvalue weighted by Crippen LogP contribution is -2.50. The molecule has 0 bridgehead atoms. The van der Waals surface area contributed by atoms with Crippen LogP contribution in [0.4, 0.5) is 20.7 Å². The summed E-state index contributed by atoms with van der Waals surface area (Å²) in [6.07, 6.45) is 1.34. The van der Waals surface area contributed by atoms with Gasteiger partial charge in [-0.3, -0.25) is 9.59 Å². The van der Waals surface area contributed by atoms with Gasteiger partial charge in [0.15, 0.2) is 0 Å². The predicted molar refractivity (Wildman–Crippen MR) is 159 cm³/mol. The third-order valence-electron chi connectivity index (χ3n) is 6.68. The fourth-order valence-corrected chi connectivity index (χ4v) is 4.73. The molecule has 0 aliphatic carbocycles. The van der Waals surface area contributed by atoms with Crippen molar-refractivity contribution in [1.82, 2.24) is 15.2 Å². The molecule has 1 aliphatic heterocycles. The van der Waals surface area contributed by atoms with E-state index in [0.29, 0.717) is 60.0 Å². The molecule has 0 atom stereocenters. The van der Waals surface area contributed by atoms with Crippen LogP contribution in [0.15, 0.2) is 48.7 Å². The minimum absolute atomic E-state index is 0.0541. The molecule has 1 fully saturated rings. The maximum Gasteiger partial charge on any atom is 0.410 e. The number of halogens is 1. The third-order valence-corrected chi connectivity index (χ3v) is 6.68. The van der Waals surface area contributed by atoms with E-state index in [4.69, 9.17) is 9.47 Å². The lowest BCUT2D eigenvalue weighted by atomic mass is 9.94. The Morgan fingerprint density at radius 1 is 0.952 bits per heavy atom. The Hall–Kier alpha value is -4.67. The van der Waals surface area contributed by atoms with E-state index in [1.54, 1.807) is 29.3 Å². The average Bonchev–Trinajstić information content (AvgIpc) is 2.96. The van der Waals surface area contributed by atoms with E-state index < -0.39 is 11.4 Å². The molecule has 4 rings (SSSR count). The number of amides is 3.